The van der Waals surface area contributed by atoms with Gasteiger partial charge in [0.15, 0.2) is 0 Å². The average Bonchev–Trinajstić information content (AvgIpc) is 2.88. The summed E-state index contributed by atoms with van der Waals surface area (Å²) < 4.78 is 38.3. The van der Waals surface area contributed by atoms with E-state index in [4.69, 9.17) is 9.47 Å². The van der Waals surface area contributed by atoms with E-state index in [0.29, 0.717) is 17.1 Å². The standard InChI is InChI=1S/C17H18N2O5S/c1-10-13-8-11(4-6-14(13)18-17(10)20)19-25(21,22)16-9-12(23-2)5-7-15(16)24-3/h4-10,19H,1-3H3,(H,18,20). The number of sulfonamides is 1. The Labute approximate surface area is 146 Å². The molecular weight excluding hydrogens is 344 g/mol. The Morgan fingerprint density at radius 1 is 1.08 bits per heavy atom. The maximum atomic E-state index is 12.8. The van der Waals surface area contributed by atoms with E-state index in [1.54, 1.807) is 31.2 Å². The molecule has 0 fully saturated rings. The Bertz CT molecular complexity index is 940. The van der Waals surface area contributed by atoms with E-state index >= 15 is 0 Å². The fourth-order valence-electron chi connectivity index (χ4n) is 2.68. The van der Waals surface area contributed by atoms with Crippen LogP contribution in [0.25, 0.3) is 0 Å². The molecule has 0 saturated heterocycles. The Morgan fingerprint density at radius 3 is 2.52 bits per heavy atom. The molecule has 1 unspecified atom stereocenters. The first-order valence-corrected chi connectivity index (χ1v) is 9.03. The zero-order valence-electron chi connectivity index (χ0n) is 14.0. The highest BCUT2D eigenvalue weighted by molar-refractivity contribution is 7.92. The van der Waals surface area contributed by atoms with E-state index in [1.807, 2.05) is 0 Å². The summed E-state index contributed by atoms with van der Waals surface area (Å²) >= 11 is 0. The lowest BCUT2D eigenvalue weighted by atomic mass is 10.0. The molecule has 0 saturated carbocycles. The van der Waals surface area contributed by atoms with Crippen molar-refractivity contribution in [3.63, 3.8) is 0 Å². The Kier molecular flexibility index (Phi) is 4.30. The van der Waals surface area contributed by atoms with Crippen molar-refractivity contribution in [2.75, 3.05) is 24.3 Å². The zero-order chi connectivity index (χ0) is 18.2. The van der Waals surface area contributed by atoms with E-state index in [-0.39, 0.29) is 22.5 Å². The van der Waals surface area contributed by atoms with Crippen molar-refractivity contribution in [3.05, 3.63) is 42.0 Å². The SMILES string of the molecule is COc1ccc(OC)c(S(=O)(=O)Nc2ccc3c(c2)C(C)C(=O)N3)c1. The van der Waals surface area contributed by atoms with Crippen molar-refractivity contribution >= 4 is 27.3 Å². The van der Waals surface area contributed by atoms with Gasteiger partial charge in [0.25, 0.3) is 10.0 Å². The lowest BCUT2D eigenvalue weighted by Crippen LogP contribution is -2.14. The smallest absolute Gasteiger partial charge is 0.265 e. The Morgan fingerprint density at radius 2 is 1.84 bits per heavy atom. The first-order chi connectivity index (χ1) is 11.9. The fraction of sp³-hybridized carbons (Fsp3) is 0.235. The van der Waals surface area contributed by atoms with Crippen molar-refractivity contribution in [1.29, 1.82) is 0 Å². The third-order valence-corrected chi connectivity index (χ3v) is 5.48. The summed E-state index contributed by atoms with van der Waals surface area (Å²) in [4.78, 5) is 11.7. The van der Waals surface area contributed by atoms with Crippen molar-refractivity contribution < 1.29 is 22.7 Å². The highest BCUT2D eigenvalue weighted by Crippen LogP contribution is 2.35. The summed E-state index contributed by atoms with van der Waals surface area (Å²) in [5.41, 5.74) is 1.81. The van der Waals surface area contributed by atoms with Crippen LogP contribution < -0.4 is 19.5 Å². The number of carbonyl (C=O) groups excluding carboxylic acids is 1. The van der Waals surface area contributed by atoms with Gasteiger partial charge in [0.2, 0.25) is 5.91 Å². The molecule has 1 heterocycles. The zero-order valence-corrected chi connectivity index (χ0v) is 14.8. The number of benzene rings is 2. The van der Waals surface area contributed by atoms with Gasteiger partial charge in [0.05, 0.1) is 20.1 Å². The van der Waals surface area contributed by atoms with Crippen LogP contribution >= 0.6 is 0 Å². The predicted octanol–water partition coefficient (Wildman–Crippen LogP) is 2.56. The van der Waals surface area contributed by atoms with E-state index in [0.717, 1.165) is 5.56 Å². The second-order valence-corrected chi connectivity index (χ2v) is 7.29. The minimum Gasteiger partial charge on any atom is -0.497 e. The molecule has 2 N–H and O–H groups in total. The minimum atomic E-state index is -3.90. The monoisotopic (exact) mass is 362 g/mol. The second-order valence-electron chi connectivity index (χ2n) is 5.64. The first-order valence-electron chi connectivity index (χ1n) is 7.55. The maximum absolute atomic E-state index is 12.8. The molecule has 0 aliphatic carbocycles. The number of hydrogen-bond donors (Lipinski definition) is 2. The van der Waals surface area contributed by atoms with E-state index in [1.165, 1.54) is 26.4 Å². The fourth-order valence-corrected chi connectivity index (χ4v) is 3.92. The average molecular weight is 362 g/mol. The van der Waals surface area contributed by atoms with Crippen molar-refractivity contribution in [3.8, 4) is 11.5 Å². The molecule has 2 aromatic rings. The van der Waals surface area contributed by atoms with Crippen LogP contribution in [0, 0.1) is 0 Å². The number of anilines is 2. The highest BCUT2D eigenvalue weighted by Gasteiger charge is 2.27. The van der Waals surface area contributed by atoms with Crippen molar-refractivity contribution in [1.82, 2.24) is 0 Å². The molecule has 1 aliphatic heterocycles. The molecule has 0 bridgehead atoms. The number of nitrogens with one attached hydrogen (secondary N) is 2. The molecule has 132 valence electrons. The summed E-state index contributed by atoms with van der Waals surface area (Å²) in [6.07, 6.45) is 0. The molecule has 8 heteroatoms. The quantitative estimate of drug-likeness (QED) is 0.853. The summed E-state index contributed by atoms with van der Waals surface area (Å²) in [6.45, 7) is 1.77. The van der Waals surface area contributed by atoms with Gasteiger partial charge in [-0.25, -0.2) is 8.42 Å². The van der Waals surface area contributed by atoms with Crippen LogP contribution in [-0.2, 0) is 14.8 Å². The third kappa shape index (κ3) is 3.12. The number of hydrogen-bond acceptors (Lipinski definition) is 5. The molecule has 25 heavy (non-hydrogen) atoms. The van der Waals surface area contributed by atoms with Gasteiger partial charge in [-0.1, -0.05) is 0 Å². The van der Waals surface area contributed by atoms with Gasteiger partial charge in [0.1, 0.15) is 16.4 Å². The first kappa shape index (κ1) is 17.1. The Balaban J connectivity index is 1.97. The second kappa shape index (κ2) is 6.29. The van der Waals surface area contributed by atoms with Crippen LogP contribution in [0.4, 0.5) is 11.4 Å². The van der Waals surface area contributed by atoms with Gasteiger partial charge in [0, 0.05) is 17.4 Å². The molecule has 2 aromatic carbocycles. The molecule has 1 aliphatic rings. The number of rotatable bonds is 5. The number of carbonyl (C=O) groups is 1. The van der Waals surface area contributed by atoms with E-state index in [2.05, 4.69) is 10.0 Å². The minimum absolute atomic E-state index is 0.0305. The number of amides is 1. The van der Waals surface area contributed by atoms with Crippen LogP contribution in [0.1, 0.15) is 18.4 Å². The normalized spacial score (nSPS) is 16.1. The van der Waals surface area contributed by atoms with E-state index in [9.17, 15) is 13.2 Å². The molecule has 3 rings (SSSR count). The summed E-state index contributed by atoms with van der Waals surface area (Å²) in [5.74, 6) is 0.175. The molecule has 0 aromatic heterocycles. The molecule has 0 radical (unpaired) electrons. The summed E-state index contributed by atoms with van der Waals surface area (Å²) in [7, 11) is -1.04. The van der Waals surface area contributed by atoms with Gasteiger partial charge in [-0.3, -0.25) is 9.52 Å². The molecule has 1 amide bonds. The maximum Gasteiger partial charge on any atom is 0.265 e. The lowest BCUT2D eigenvalue weighted by Gasteiger charge is -2.13. The highest BCUT2D eigenvalue weighted by atomic mass is 32.2. The summed E-state index contributed by atoms with van der Waals surface area (Å²) in [5, 5.41) is 2.75. The van der Waals surface area contributed by atoms with Crippen LogP contribution in [0.2, 0.25) is 0 Å². The van der Waals surface area contributed by atoms with Crippen molar-refractivity contribution in [2.45, 2.75) is 17.7 Å². The van der Waals surface area contributed by atoms with Gasteiger partial charge >= 0.3 is 0 Å². The number of ether oxygens (including phenoxy) is 2. The van der Waals surface area contributed by atoms with Crippen LogP contribution in [0.5, 0.6) is 11.5 Å². The van der Waals surface area contributed by atoms with Crippen LogP contribution in [0.3, 0.4) is 0 Å². The molecule has 0 spiro atoms. The lowest BCUT2D eigenvalue weighted by molar-refractivity contribution is -0.116. The molecule has 1 atom stereocenters. The van der Waals surface area contributed by atoms with Crippen LogP contribution in [-0.4, -0.2) is 28.5 Å². The van der Waals surface area contributed by atoms with Gasteiger partial charge < -0.3 is 14.8 Å². The Hall–Kier alpha value is -2.74. The van der Waals surface area contributed by atoms with Gasteiger partial charge in [-0.15, -0.1) is 0 Å². The molecular formula is C17H18N2O5S. The van der Waals surface area contributed by atoms with Crippen LogP contribution in [0.15, 0.2) is 41.3 Å². The van der Waals surface area contributed by atoms with Crippen molar-refractivity contribution in [2.24, 2.45) is 0 Å². The van der Waals surface area contributed by atoms with E-state index < -0.39 is 10.0 Å². The predicted molar refractivity (Wildman–Crippen MR) is 93.8 cm³/mol. The summed E-state index contributed by atoms with van der Waals surface area (Å²) in [6, 6.07) is 9.47. The third-order valence-electron chi connectivity index (χ3n) is 4.08. The van der Waals surface area contributed by atoms with Gasteiger partial charge in [-0.2, -0.15) is 0 Å². The van der Waals surface area contributed by atoms with Gasteiger partial charge in [-0.05, 0) is 42.8 Å². The topological polar surface area (TPSA) is 93.7 Å². The number of fused-ring (bicyclic) bond motifs is 1. The molecule has 7 nitrogen and oxygen atoms in total. The largest absolute Gasteiger partial charge is 0.497 e. The number of methoxy groups -OCH3 is 2.